The molecule has 1 heterocycles. The highest BCUT2D eigenvalue weighted by molar-refractivity contribution is 5.75. The van der Waals surface area contributed by atoms with Crippen LogP contribution in [0.4, 0.5) is 13.2 Å². The number of hydrogen-bond acceptors (Lipinski definition) is 5. The molecule has 0 unspecified atom stereocenters. The molecule has 124 valence electrons. The highest BCUT2D eigenvalue weighted by atomic mass is 19.4. The molecule has 7 nitrogen and oxygen atoms in total. The van der Waals surface area contributed by atoms with Crippen LogP contribution < -0.4 is 0 Å². The summed E-state index contributed by atoms with van der Waals surface area (Å²) in [6, 6.07) is 8.91. The van der Waals surface area contributed by atoms with Crippen LogP contribution >= 0.6 is 0 Å². The SMILES string of the molecule is CN(C[C@@H](O)C(F)(F)F)C(=O)Cn1nnc(-c2ccccc2)n1. The zero-order valence-electron chi connectivity index (χ0n) is 12.1. The first kappa shape index (κ1) is 16.9. The van der Waals surface area contributed by atoms with E-state index in [4.69, 9.17) is 5.11 Å². The molecule has 0 spiro atoms. The van der Waals surface area contributed by atoms with Crippen molar-refractivity contribution in [2.75, 3.05) is 13.6 Å². The lowest BCUT2D eigenvalue weighted by atomic mass is 10.2. The van der Waals surface area contributed by atoms with Gasteiger partial charge in [0.05, 0.1) is 6.54 Å². The van der Waals surface area contributed by atoms with Crippen molar-refractivity contribution in [2.45, 2.75) is 18.8 Å². The number of nitrogens with zero attached hydrogens (tertiary/aromatic N) is 5. The van der Waals surface area contributed by atoms with Gasteiger partial charge in [-0.1, -0.05) is 30.3 Å². The van der Waals surface area contributed by atoms with Crippen molar-refractivity contribution in [2.24, 2.45) is 0 Å². The average molecular weight is 329 g/mol. The number of aromatic nitrogens is 4. The number of rotatable bonds is 5. The van der Waals surface area contributed by atoms with E-state index in [9.17, 15) is 18.0 Å². The molecule has 0 aliphatic heterocycles. The first-order valence-corrected chi connectivity index (χ1v) is 6.59. The third-order valence-electron chi connectivity index (χ3n) is 3.01. The minimum atomic E-state index is -4.78. The van der Waals surface area contributed by atoms with Crippen LogP contribution in [0.3, 0.4) is 0 Å². The van der Waals surface area contributed by atoms with E-state index in [0.29, 0.717) is 11.4 Å². The van der Waals surface area contributed by atoms with Crippen molar-refractivity contribution < 1.29 is 23.1 Å². The number of benzene rings is 1. The fraction of sp³-hybridized carbons (Fsp3) is 0.385. The minimum absolute atomic E-state index is 0.302. The Balaban J connectivity index is 1.97. The average Bonchev–Trinajstić information content (AvgIpc) is 2.95. The Morgan fingerprint density at radius 3 is 2.61 bits per heavy atom. The molecule has 0 bridgehead atoms. The standard InChI is InChI=1S/C13H14F3N5O2/c1-20(7-10(22)13(14,15)16)11(23)8-21-18-12(17-19-21)9-5-3-2-4-6-9/h2-6,10,22H,7-8H2,1H3/t10-/m1/s1. The van der Waals surface area contributed by atoms with Crippen LogP contribution in [-0.4, -0.2) is 62.0 Å². The largest absolute Gasteiger partial charge is 0.416 e. The van der Waals surface area contributed by atoms with Crippen molar-refractivity contribution in [1.82, 2.24) is 25.1 Å². The molecule has 1 atom stereocenters. The lowest BCUT2D eigenvalue weighted by Crippen LogP contribution is -2.43. The van der Waals surface area contributed by atoms with Crippen LogP contribution in [-0.2, 0) is 11.3 Å². The molecule has 2 rings (SSSR count). The lowest BCUT2D eigenvalue weighted by Gasteiger charge is -2.22. The van der Waals surface area contributed by atoms with Crippen molar-refractivity contribution in [3.63, 3.8) is 0 Å². The third kappa shape index (κ3) is 4.49. The number of carbonyl (C=O) groups excluding carboxylic acids is 1. The summed E-state index contributed by atoms with van der Waals surface area (Å²) in [6.07, 6.45) is -7.37. The van der Waals surface area contributed by atoms with Gasteiger partial charge in [-0.3, -0.25) is 4.79 Å². The second-order valence-electron chi connectivity index (χ2n) is 4.84. The van der Waals surface area contributed by atoms with Crippen LogP contribution in [0, 0.1) is 0 Å². The van der Waals surface area contributed by atoms with Crippen LogP contribution in [0.5, 0.6) is 0 Å². The highest BCUT2D eigenvalue weighted by Crippen LogP contribution is 2.20. The molecule has 0 saturated carbocycles. The molecule has 23 heavy (non-hydrogen) atoms. The van der Waals surface area contributed by atoms with Crippen molar-refractivity contribution in [1.29, 1.82) is 0 Å². The van der Waals surface area contributed by atoms with Gasteiger partial charge in [-0.25, -0.2) is 0 Å². The normalized spacial score (nSPS) is 12.9. The molecule has 0 fully saturated rings. The Kier molecular flexibility index (Phi) is 4.94. The molecule has 1 aromatic heterocycles. The molecular formula is C13H14F3N5O2. The van der Waals surface area contributed by atoms with Gasteiger partial charge < -0.3 is 10.0 Å². The fourth-order valence-corrected chi connectivity index (χ4v) is 1.72. The van der Waals surface area contributed by atoms with Gasteiger partial charge in [0.1, 0.15) is 6.54 Å². The quantitative estimate of drug-likeness (QED) is 0.874. The first-order chi connectivity index (χ1) is 10.8. The van der Waals surface area contributed by atoms with Gasteiger partial charge in [0.15, 0.2) is 6.10 Å². The number of carbonyl (C=O) groups is 1. The summed E-state index contributed by atoms with van der Waals surface area (Å²) in [7, 11) is 1.16. The number of halogens is 3. The van der Waals surface area contributed by atoms with Crippen molar-refractivity contribution >= 4 is 5.91 Å². The number of tetrazole rings is 1. The van der Waals surface area contributed by atoms with E-state index < -0.39 is 24.7 Å². The van der Waals surface area contributed by atoms with Gasteiger partial charge >= 0.3 is 6.18 Å². The third-order valence-corrected chi connectivity index (χ3v) is 3.01. The van der Waals surface area contributed by atoms with Gasteiger partial charge in [0.25, 0.3) is 0 Å². The van der Waals surface area contributed by atoms with E-state index in [1.807, 2.05) is 6.07 Å². The van der Waals surface area contributed by atoms with E-state index in [-0.39, 0.29) is 6.54 Å². The molecule has 1 aromatic carbocycles. The van der Waals surface area contributed by atoms with E-state index in [1.54, 1.807) is 24.3 Å². The summed E-state index contributed by atoms with van der Waals surface area (Å²) in [5.74, 6) is -0.373. The second kappa shape index (κ2) is 6.73. The highest BCUT2D eigenvalue weighted by Gasteiger charge is 2.39. The zero-order chi connectivity index (χ0) is 17.0. The molecule has 0 radical (unpaired) electrons. The maximum Gasteiger partial charge on any atom is 0.416 e. The van der Waals surface area contributed by atoms with Crippen LogP contribution in [0.15, 0.2) is 30.3 Å². The summed E-state index contributed by atoms with van der Waals surface area (Å²) in [6.45, 7) is -1.23. The van der Waals surface area contributed by atoms with Crippen LogP contribution in [0.1, 0.15) is 0 Å². The van der Waals surface area contributed by atoms with Crippen molar-refractivity contribution in [3.8, 4) is 11.4 Å². The maximum absolute atomic E-state index is 12.3. The van der Waals surface area contributed by atoms with Crippen molar-refractivity contribution in [3.05, 3.63) is 30.3 Å². The molecule has 0 aliphatic rings. The molecule has 1 amide bonds. The molecule has 10 heteroatoms. The summed E-state index contributed by atoms with van der Waals surface area (Å²) in [5, 5.41) is 20.4. The molecular weight excluding hydrogens is 315 g/mol. The number of aliphatic hydroxyl groups is 1. The predicted molar refractivity (Wildman–Crippen MR) is 73.0 cm³/mol. The van der Waals surface area contributed by atoms with E-state index >= 15 is 0 Å². The Morgan fingerprint density at radius 1 is 1.35 bits per heavy atom. The second-order valence-corrected chi connectivity index (χ2v) is 4.84. The lowest BCUT2D eigenvalue weighted by molar-refractivity contribution is -0.207. The summed E-state index contributed by atoms with van der Waals surface area (Å²) >= 11 is 0. The molecule has 2 aromatic rings. The Labute approximate surface area is 129 Å². The summed E-state index contributed by atoms with van der Waals surface area (Å²) in [5.41, 5.74) is 0.701. The summed E-state index contributed by atoms with van der Waals surface area (Å²) < 4.78 is 36.8. The number of likely N-dealkylation sites (N-methyl/N-ethyl adjacent to an activating group) is 1. The Morgan fingerprint density at radius 2 is 2.00 bits per heavy atom. The van der Waals surface area contributed by atoms with E-state index in [2.05, 4.69) is 15.4 Å². The van der Waals surface area contributed by atoms with E-state index in [1.165, 1.54) is 0 Å². The number of aliphatic hydroxyl groups excluding tert-OH is 1. The van der Waals surface area contributed by atoms with Crippen LogP contribution in [0.2, 0.25) is 0 Å². The number of amides is 1. The first-order valence-electron chi connectivity index (χ1n) is 6.59. The fourth-order valence-electron chi connectivity index (χ4n) is 1.72. The zero-order valence-corrected chi connectivity index (χ0v) is 12.1. The Bertz CT molecular complexity index is 659. The Hall–Kier alpha value is -2.49. The molecule has 0 saturated heterocycles. The number of alkyl halides is 3. The van der Waals surface area contributed by atoms with Crippen LogP contribution in [0.25, 0.3) is 11.4 Å². The monoisotopic (exact) mass is 329 g/mol. The minimum Gasteiger partial charge on any atom is -0.382 e. The topological polar surface area (TPSA) is 84.1 Å². The summed E-state index contributed by atoms with van der Waals surface area (Å²) in [4.78, 5) is 13.6. The van der Waals surface area contributed by atoms with Gasteiger partial charge in [0.2, 0.25) is 11.7 Å². The number of hydrogen-bond donors (Lipinski definition) is 1. The molecule has 1 N–H and O–H groups in total. The predicted octanol–water partition coefficient (Wildman–Crippen LogP) is 0.722. The van der Waals surface area contributed by atoms with Gasteiger partial charge in [-0.2, -0.15) is 18.0 Å². The van der Waals surface area contributed by atoms with Gasteiger partial charge in [-0.15, -0.1) is 10.2 Å². The maximum atomic E-state index is 12.3. The van der Waals surface area contributed by atoms with E-state index in [0.717, 1.165) is 16.7 Å². The molecule has 0 aliphatic carbocycles. The smallest absolute Gasteiger partial charge is 0.382 e. The van der Waals surface area contributed by atoms with Gasteiger partial charge in [0, 0.05) is 12.6 Å². The van der Waals surface area contributed by atoms with Gasteiger partial charge in [-0.05, 0) is 5.21 Å².